The van der Waals surface area contributed by atoms with Gasteiger partial charge in [-0.2, -0.15) is 21.0 Å². The fraction of sp³-hybridized carbons (Fsp3) is 0.273. The molecule has 0 atom stereocenters. The summed E-state index contributed by atoms with van der Waals surface area (Å²) in [7, 11) is 0. The van der Waals surface area contributed by atoms with Crippen molar-refractivity contribution in [3.8, 4) is 47.2 Å². The number of nitriles is 4. The van der Waals surface area contributed by atoms with E-state index in [1.807, 2.05) is 72.8 Å². The van der Waals surface area contributed by atoms with E-state index in [4.69, 9.17) is 8.83 Å². The molecule has 0 amide bonds. The van der Waals surface area contributed by atoms with Crippen molar-refractivity contribution in [2.45, 2.75) is 58.4 Å². The van der Waals surface area contributed by atoms with E-state index in [-0.39, 0.29) is 11.1 Å². The maximum atomic E-state index is 9.27. The van der Waals surface area contributed by atoms with Crippen LogP contribution in [-0.2, 0) is 6.54 Å². The van der Waals surface area contributed by atoms with Crippen molar-refractivity contribution >= 4 is 11.1 Å². The molecule has 5 rings (SSSR count). The van der Waals surface area contributed by atoms with Crippen LogP contribution in [-0.4, -0.2) is 4.57 Å². The van der Waals surface area contributed by atoms with Gasteiger partial charge in [-0.1, -0.05) is 19.1 Å². The van der Waals surface area contributed by atoms with Crippen molar-refractivity contribution in [3.05, 3.63) is 82.4 Å². The highest BCUT2D eigenvalue weighted by molar-refractivity contribution is 5.73. The van der Waals surface area contributed by atoms with Crippen LogP contribution in [0.5, 0.6) is 0 Å². The van der Waals surface area contributed by atoms with Crippen molar-refractivity contribution in [1.29, 1.82) is 21.0 Å². The molecule has 0 saturated heterocycles. The molecule has 2 aliphatic carbocycles. The highest BCUT2D eigenvalue weighted by atomic mass is 16.3. The average Bonchev–Trinajstić information content (AvgIpc) is 3.75. The first-order valence-corrected chi connectivity index (χ1v) is 13.5. The van der Waals surface area contributed by atoms with Crippen LogP contribution in [0.15, 0.2) is 79.7 Å². The third kappa shape index (κ3) is 5.07. The largest absolute Gasteiger partial charge is 0.455 e. The van der Waals surface area contributed by atoms with Gasteiger partial charge in [0.1, 0.15) is 46.9 Å². The Hall–Kier alpha value is -5.24. The molecule has 7 nitrogen and oxygen atoms in total. The summed E-state index contributed by atoms with van der Waals surface area (Å²) in [6.45, 7) is 2.90. The van der Waals surface area contributed by atoms with E-state index in [9.17, 15) is 21.0 Å². The van der Waals surface area contributed by atoms with Gasteiger partial charge in [-0.25, -0.2) is 0 Å². The Morgan fingerprint density at radius 2 is 1.07 bits per heavy atom. The highest BCUT2D eigenvalue weighted by Gasteiger charge is 2.21. The van der Waals surface area contributed by atoms with Gasteiger partial charge in [-0.3, -0.25) is 0 Å². The van der Waals surface area contributed by atoms with E-state index in [1.165, 1.54) is 0 Å². The molecule has 3 aromatic heterocycles. The van der Waals surface area contributed by atoms with Crippen LogP contribution in [0.1, 0.15) is 63.4 Å². The van der Waals surface area contributed by atoms with E-state index in [0.717, 1.165) is 95.4 Å². The summed E-state index contributed by atoms with van der Waals surface area (Å²) in [5.41, 5.74) is 5.72. The summed E-state index contributed by atoms with van der Waals surface area (Å²) >= 11 is 0. The monoisotopic (exact) mass is 525 g/mol. The van der Waals surface area contributed by atoms with Crippen LogP contribution in [0.4, 0.5) is 0 Å². The molecule has 0 spiro atoms. The molecule has 0 saturated carbocycles. The lowest BCUT2D eigenvalue weighted by molar-refractivity contribution is 0.544. The van der Waals surface area contributed by atoms with Gasteiger partial charge >= 0.3 is 0 Å². The maximum Gasteiger partial charge on any atom is 0.151 e. The number of hydrogen-bond acceptors (Lipinski definition) is 6. The second-order valence-electron chi connectivity index (χ2n) is 9.88. The molecule has 0 unspecified atom stereocenters. The number of rotatable bonds is 6. The summed E-state index contributed by atoms with van der Waals surface area (Å²) in [5.74, 6) is 2.97. The molecule has 0 N–H and O–H groups in total. The highest BCUT2D eigenvalue weighted by Crippen LogP contribution is 2.38. The number of nitrogens with zero attached hydrogens (tertiary/aromatic N) is 5. The zero-order valence-electron chi connectivity index (χ0n) is 22.3. The predicted molar refractivity (Wildman–Crippen MR) is 150 cm³/mol. The Balaban J connectivity index is 1.47. The van der Waals surface area contributed by atoms with E-state index >= 15 is 0 Å². The molecule has 40 heavy (non-hydrogen) atoms. The first-order valence-electron chi connectivity index (χ1n) is 13.5. The Labute approximate surface area is 233 Å². The van der Waals surface area contributed by atoms with Gasteiger partial charge in [-0.05, 0) is 104 Å². The SMILES string of the molecule is CCCn1c(-c2ccc(C3=CC(=C(C#N)C#N)CCC3)o2)ccc1-c1ccc(C2=CC(=C(C#N)C#N)CCC2)o1. The van der Waals surface area contributed by atoms with E-state index in [1.54, 1.807) is 0 Å². The molecule has 0 bridgehead atoms. The second kappa shape index (κ2) is 11.7. The topological polar surface area (TPSA) is 126 Å². The minimum Gasteiger partial charge on any atom is -0.455 e. The van der Waals surface area contributed by atoms with Gasteiger partial charge in [0.15, 0.2) is 11.5 Å². The van der Waals surface area contributed by atoms with Gasteiger partial charge in [0.25, 0.3) is 0 Å². The van der Waals surface area contributed by atoms with Crippen LogP contribution >= 0.6 is 0 Å². The Morgan fingerprint density at radius 1 is 0.650 bits per heavy atom. The predicted octanol–water partition coefficient (Wildman–Crippen LogP) is 8.24. The van der Waals surface area contributed by atoms with Crippen LogP contribution < -0.4 is 0 Å². The van der Waals surface area contributed by atoms with E-state index in [2.05, 4.69) is 11.5 Å². The smallest absolute Gasteiger partial charge is 0.151 e. The Morgan fingerprint density at radius 3 is 1.48 bits per heavy atom. The molecular weight excluding hydrogens is 498 g/mol. The van der Waals surface area contributed by atoms with Crippen molar-refractivity contribution < 1.29 is 8.83 Å². The maximum absolute atomic E-state index is 9.27. The quantitative estimate of drug-likeness (QED) is 0.298. The zero-order valence-corrected chi connectivity index (χ0v) is 22.3. The zero-order chi connectivity index (χ0) is 28.1. The molecule has 0 aliphatic heterocycles. The second-order valence-corrected chi connectivity index (χ2v) is 9.88. The van der Waals surface area contributed by atoms with Crippen molar-refractivity contribution in [2.24, 2.45) is 0 Å². The summed E-state index contributed by atoms with van der Waals surface area (Å²) in [6.07, 6.45) is 9.58. The molecule has 7 heteroatoms. The molecule has 0 radical (unpaired) electrons. The molecule has 3 aromatic rings. The normalized spacial score (nSPS) is 14.8. The average molecular weight is 526 g/mol. The Kier molecular flexibility index (Phi) is 7.68. The van der Waals surface area contributed by atoms with Gasteiger partial charge in [-0.15, -0.1) is 0 Å². The van der Waals surface area contributed by atoms with Gasteiger partial charge < -0.3 is 13.4 Å². The first-order chi connectivity index (χ1) is 19.6. The number of hydrogen-bond donors (Lipinski definition) is 0. The summed E-state index contributed by atoms with van der Waals surface area (Å²) < 4.78 is 14.8. The van der Waals surface area contributed by atoms with E-state index in [0.29, 0.717) is 12.8 Å². The number of aromatic nitrogens is 1. The molecule has 3 heterocycles. The lowest BCUT2D eigenvalue weighted by atomic mass is 9.91. The minimum absolute atomic E-state index is 0.162. The van der Waals surface area contributed by atoms with E-state index < -0.39 is 0 Å². The van der Waals surface area contributed by atoms with Crippen molar-refractivity contribution in [2.75, 3.05) is 0 Å². The van der Waals surface area contributed by atoms with Crippen molar-refractivity contribution in [1.82, 2.24) is 4.57 Å². The van der Waals surface area contributed by atoms with Crippen LogP contribution in [0.3, 0.4) is 0 Å². The van der Waals surface area contributed by atoms with Gasteiger partial charge in [0.2, 0.25) is 0 Å². The minimum atomic E-state index is 0.162. The van der Waals surface area contributed by atoms with Crippen molar-refractivity contribution in [3.63, 3.8) is 0 Å². The molecular formula is C33H27N5O2. The summed E-state index contributed by atoms with van der Waals surface area (Å²) in [5, 5.41) is 37.1. The fourth-order valence-corrected chi connectivity index (χ4v) is 5.43. The summed E-state index contributed by atoms with van der Waals surface area (Å²) in [6, 6.07) is 19.9. The van der Waals surface area contributed by atoms with Crippen LogP contribution in [0.2, 0.25) is 0 Å². The van der Waals surface area contributed by atoms with Crippen LogP contribution in [0.25, 0.3) is 34.1 Å². The standard InChI is InChI=1S/C33H27N5O2/c1-2-15-38-28(32-13-11-30(39-32)24-7-3-5-22(16-24)26(18-34)19-35)9-10-29(38)33-14-12-31(40-33)25-8-4-6-23(17-25)27(20-36)21-37/h9-14,16-17H,2-8,15H2,1H3. The third-order valence-electron chi connectivity index (χ3n) is 7.35. The molecule has 2 aliphatic rings. The van der Waals surface area contributed by atoms with Crippen LogP contribution in [0, 0.1) is 45.3 Å². The molecule has 0 aromatic carbocycles. The van der Waals surface area contributed by atoms with Gasteiger partial charge in [0.05, 0.1) is 11.4 Å². The van der Waals surface area contributed by atoms with Gasteiger partial charge in [0, 0.05) is 6.54 Å². The fourth-order valence-electron chi connectivity index (χ4n) is 5.43. The summed E-state index contributed by atoms with van der Waals surface area (Å²) in [4.78, 5) is 0. The number of furan rings is 2. The first kappa shape index (κ1) is 26.4. The molecule has 196 valence electrons. The number of allylic oxidation sites excluding steroid dienone is 8. The Bertz CT molecular complexity index is 1600. The molecule has 0 fully saturated rings. The third-order valence-corrected chi connectivity index (χ3v) is 7.35. The lowest BCUT2D eigenvalue weighted by Crippen LogP contribution is -2.01. The lowest BCUT2D eigenvalue weighted by Gasteiger charge is -2.14.